The topological polar surface area (TPSA) is 79.8 Å². The highest BCUT2D eigenvalue weighted by Crippen LogP contribution is 2.16. The molecule has 0 aromatic carbocycles. The number of hydrogen-bond acceptors (Lipinski definition) is 6. The van der Waals surface area contributed by atoms with Gasteiger partial charge < -0.3 is 5.32 Å². The number of pyridine rings is 1. The van der Waals surface area contributed by atoms with E-state index in [1.165, 1.54) is 16.8 Å². The summed E-state index contributed by atoms with van der Waals surface area (Å²) in [7, 11) is 0. The summed E-state index contributed by atoms with van der Waals surface area (Å²) in [6.07, 6.45) is 1.06. The summed E-state index contributed by atoms with van der Waals surface area (Å²) >= 11 is 1.18. The number of anilines is 2. The van der Waals surface area contributed by atoms with Crippen LogP contribution in [0.3, 0.4) is 0 Å². The molecule has 2 rings (SSSR count). The quantitative estimate of drug-likeness (QED) is 0.882. The van der Waals surface area contributed by atoms with Crippen LogP contribution in [-0.4, -0.2) is 27.6 Å². The van der Waals surface area contributed by atoms with Crippen LogP contribution in [-0.2, 0) is 0 Å². The summed E-state index contributed by atoms with van der Waals surface area (Å²) in [5.41, 5.74) is 1.62. The van der Waals surface area contributed by atoms with Crippen molar-refractivity contribution in [3.8, 4) is 0 Å². The second kappa shape index (κ2) is 5.50. The molecule has 0 bridgehead atoms. The van der Waals surface area contributed by atoms with E-state index in [1.54, 1.807) is 0 Å². The van der Waals surface area contributed by atoms with Gasteiger partial charge in [-0.1, -0.05) is 11.3 Å². The summed E-state index contributed by atoms with van der Waals surface area (Å²) in [6.45, 7) is 2.44. The van der Waals surface area contributed by atoms with Gasteiger partial charge >= 0.3 is 0 Å². The molecule has 0 aliphatic carbocycles. The van der Waals surface area contributed by atoms with Crippen molar-refractivity contribution in [2.75, 3.05) is 17.2 Å². The molecule has 6 nitrogen and oxygen atoms in total. The summed E-state index contributed by atoms with van der Waals surface area (Å²) in [4.78, 5) is 15.8. The number of nitrogens with one attached hydrogen (secondary N) is 2. The van der Waals surface area contributed by atoms with Gasteiger partial charge in [-0.15, -0.1) is 10.2 Å². The lowest BCUT2D eigenvalue weighted by atomic mass is 10.2. The summed E-state index contributed by atoms with van der Waals surface area (Å²) in [6, 6.07) is 1.13. The van der Waals surface area contributed by atoms with Crippen LogP contribution < -0.4 is 10.6 Å². The molecule has 8 heteroatoms. The van der Waals surface area contributed by atoms with E-state index in [1.807, 2.05) is 6.92 Å². The zero-order valence-electron chi connectivity index (χ0n) is 9.48. The van der Waals surface area contributed by atoms with E-state index in [-0.39, 0.29) is 5.56 Å². The minimum Gasteiger partial charge on any atom is -0.370 e. The number of carbonyl (C=O) groups is 1. The van der Waals surface area contributed by atoms with E-state index < -0.39 is 11.7 Å². The monoisotopic (exact) mass is 267 g/mol. The fraction of sp³-hybridized carbons (Fsp3) is 0.200. The van der Waals surface area contributed by atoms with Crippen molar-refractivity contribution >= 4 is 28.2 Å². The molecular weight excluding hydrogens is 257 g/mol. The fourth-order valence-corrected chi connectivity index (χ4v) is 1.75. The van der Waals surface area contributed by atoms with Gasteiger partial charge in [-0.05, 0) is 13.0 Å². The molecule has 0 atom stereocenters. The van der Waals surface area contributed by atoms with Crippen LogP contribution in [0.1, 0.15) is 17.3 Å². The van der Waals surface area contributed by atoms with Crippen molar-refractivity contribution in [1.82, 2.24) is 15.2 Å². The van der Waals surface area contributed by atoms with Crippen LogP contribution in [0.5, 0.6) is 0 Å². The van der Waals surface area contributed by atoms with Crippen LogP contribution in [0.15, 0.2) is 17.8 Å². The van der Waals surface area contributed by atoms with E-state index in [4.69, 9.17) is 0 Å². The molecule has 2 heterocycles. The molecule has 18 heavy (non-hydrogen) atoms. The molecule has 0 aliphatic heterocycles. The molecule has 0 saturated carbocycles. The van der Waals surface area contributed by atoms with Crippen LogP contribution in [0.25, 0.3) is 0 Å². The minimum absolute atomic E-state index is 0.132. The van der Waals surface area contributed by atoms with Crippen LogP contribution in [0, 0.1) is 5.82 Å². The lowest BCUT2D eigenvalue weighted by molar-refractivity contribution is 0.102. The first-order valence-electron chi connectivity index (χ1n) is 5.17. The van der Waals surface area contributed by atoms with Gasteiger partial charge in [0.2, 0.25) is 5.13 Å². The largest absolute Gasteiger partial charge is 0.370 e. The van der Waals surface area contributed by atoms with E-state index in [0.29, 0.717) is 17.5 Å². The highest BCUT2D eigenvalue weighted by molar-refractivity contribution is 7.13. The third-order valence-electron chi connectivity index (χ3n) is 2.02. The van der Waals surface area contributed by atoms with Gasteiger partial charge in [-0.3, -0.25) is 10.1 Å². The van der Waals surface area contributed by atoms with Gasteiger partial charge in [-0.25, -0.2) is 9.37 Å². The molecule has 2 aromatic heterocycles. The predicted octanol–water partition coefficient (Wildman–Crippen LogP) is 1.76. The average molecular weight is 267 g/mol. The number of aromatic nitrogens is 3. The predicted molar refractivity (Wildman–Crippen MR) is 66.2 cm³/mol. The second-order valence-electron chi connectivity index (χ2n) is 3.28. The fourth-order valence-electron chi connectivity index (χ4n) is 1.31. The highest BCUT2D eigenvalue weighted by Gasteiger charge is 2.15. The van der Waals surface area contributed by atoms with E-state index in [0.717, 1.165) is 12.3 Å². The number of hydrogen-bond donors (Lipinski definition) is 2. The Balaban J connectivity index is 2.25. The Morgan fingerprint density at radius 3 is 3.06 bits per heavy atom. The molecule has 0 spiro atoms. The molecule has 0 radical (unpaired) electrons. The van der Waals surface area contributed by atoms with Crippen LogP contribution in [0.2, 0.25) is 0 Å². The van der Waals surface area contributed by atoms with Crippen molar-refractivity contribution in [2.24, 2.45) is 0 Å². The van der Waals surface area contributed by atoms with Crippen molar-refractivity contribution in [3.63, 3.8) is 0 Å². The lowest BCUT2D eigenvalue weighted by Gasteiger charge is -2.08. The summed E-state index contributed by atoms with van der Waals surface area (Å²) in [5, 5.41) is 13.0. The smallest absolute Gasteiger partial charge is 0.261 e. The third-order valence-corrected chi connectivity index (χ3v) is 2.63. The molecule has 2 N–H and O–H groups in total. The first-order chi connectivity index (χ1) is 8.70. The Labute approximate surface area is 106 Å². The first-order valence-corrected chi connectivity index (χ1v) is 6.05. The number of rotatable bonds is 4. The third kappa shape index (κ3) is 2.77. The SMILES string of the molecule is CCNc1ncc(F)cc1C(=O)Nc1nncs1. The molecular formula is C10H10FN5OS. The van der Waals surface area contributed by atoms with Gasteiger partial charge in [-0.2, -0.15) is 0 Å². The summed E-state index contributed by atoms with van der Waals surface area (Å²) < 4.78 is 13.1. The molecule has 94 valence electrons. The van der Waals surface area contributed by atoms with E-state index >= 15 is 0 Å². The molecule has 0 unspecified atom stereocenters. The van der Waals surface area contributed by atoms with Crippen molar-refractivity contribution in [3.05, 3.63) is 29.2 Å². The summed E-state index contributed by atoms with van der Waals surface area (Å²) in [5.74, 6) is -0.713. The maximum absolute atomic E-state index is 13.1. The zero-order chi connectivity index (χ0) is 13.0. The molecule has 0 fully saturated rings. The van der Waals surface area contributed by atoms with E-state index in [9.17, 15) is 9.18 Å². The minimum atomic E-state index is -0.570. The number of amides is 1. The maximum Gasteiger partial charge on any atom is 0.261 e. The average Bonchev–Trinajstić information content (AvgIpc) is 2.84. The molecule has 2 aromatic rings. The Morgan fingerprint density at radius 1 is 1.56 bits per heavy atom. The second-order valence-corrected chi connectivity index (χ2v) is 4.11. The standard InChI is InChI=1S/C10H10FN5OS/c1-2-12-8-7(3-6(11)4-13-8)9(17)15-10-16-14-5-18-10/h3-5H,2H2,1H3,(H,12,13)(H,15,16,17). The number of nitrogens with zero attached hydrogens (tertiary/aromatic N) is 3. The normalized spacial score (nSPS) is 10.1. The maximum atomic E-state index is 13.1. The van der Waals surface area contributed by atoms with Gasteiger partial charge in [0.1, 0.15) is 17.1 Å². The first kappa shape index (κ1) is 12.4. The lowest BCUT2D eigenvalue weighted by Crippen LogP contribution is -2.16. The number of carbonyl (C=O) groups excluding carboxylic acids is 1. The van der Waals surface area contributed by atoms with Gasteiger partial charge in [0.25, 0.3) is 5.91 Å². The Hall–Kier alpha value is -2.09. The highest BCUT2D eigenvalue weighted by atomic mass is 32.1. The molecule has 1 amide bonds. The van der Waals surface area contributed by atoms with Gasteiger partial charge in [0.15, 0.2) is 0 Å². The van der Waals surface area contributed by atoms with Crippen molar-refractivity contribution in [2.45, 2.75) is 6.92 Å². The Kier molecular flexibility index (Phi) is 3.78. The molecule has 0 aliphatic rings. The zero-order valence-corrected chi connectivity index (χ0v) is 10.3. The van der Waals surface area contributed by atoms with Crippen molar-refractivity contribution in [1.29, 1.82) is 0 Å². The molecule has 0 saturated heterocycles. The van der Waals surface area contributed by atoms with Crippen LogP contribution >= 0.6 is 11.3 Å². The number of halogens is 1. The van der Waals surface area contributed by atoms with Gasteiger partial charge in [0, 0.05) is 6.54 Å². The van der Waals surface area contributed by atoms with Crippen molar-refractivity contribution < 1.29 is 9.18 Å². The van der Waals surface area contributed by atoms with E-state index in [2.05, 4.69) is 25.8 Å². The Bertz CT molecular complexity index is 545. The Morgan fingerprint density at radius 2 is 2.39 bits per heavy atom. The van der Waals surface area contributed by atoms with Crippen LogP contribution in [0.4, 0.5) is 15.3 Å². The van der Waals surface area contributed by atoms with Gasteiger partial charge in [0.05, 0.1) is 11.8 Å².